The molecule has 106 valence electrons. The van der Waals surface area contributed by atoms with Crippen molar-refractivity contribution < 1.29 is 0 Å². The Hall–Kier alpha value is -2.33. The van der Waals surface area contributed by atoms with Gasteiger partial charge in [-0.1, -0.05) is 66.4 Å². The maximum atomic E-state index is 4.46. The molecule has 0 spiro atoms. The highest BCUT2D eigenvalue weighted by Gasteiger charge is 1.94. The Morgan fingerprint density at radius 1 is 1.00 bits per heavy atom. The third-order valence-corrected chi connectivity index (χ3v) is 3.16. The van der Waals surface area contributed by atoms with Crippen LogP contribution >= 0.6 is 11.8 Å². The number of allylic oxidation sites excluding steroid dienone is 1. The predicted octanol–water partition coefficient (Wildman–Crippen LogP) is 4.33. The maximum Gasteiger partial charge on any atom is 0.182 e. The van der Waals surface area contributed by atoms with Crippen molar-refractivity contribution in [1.29, 1.82) is 0 Å². The van der Waals surface area contributed by atoms with Gasteiger partial charge in [0, 0.05) is 6.21 Å². The quantitative estimate of drug-likeness (QED) is 0.518. The summed E-state index contributed by atoms with van der Waals surface area (Å²) >= 11 is 1.52. The highest BCUT2D eigenvalue weighted by molar-refractivity contribution is 8.13. The van der Waals surface area contributed by atoms with Crippen LogP contribution in [0.3, 0.4) is 0 Å². The van der Waals surface area contributed by atoms with Crippen LogP contribution in [0.2, 0.25) is 0 Å². The normalized spacial score (nSPS) is 12.1. The summed E-state index contributed by atoms with van der Waals surface area (Å²) in [5.41, 5.74) is 4.99. The molecule has 0 radical (unpaired) electrons. The van der Waals surface area contributed by atoms with Crippen LogP contribution in [-0.4, -0.2) is 17.6 Å². The smallest absolute Gasteiger partial charge is 0.182 e. The second kappa shape index (κ2) is 8.76. The number of benzene rings is 2. The van der Waals surface area contributed by atoms with Crippen molar-refractivity contribution >= 4 is 34.9 Å². The summed E-state index contributed by atoms with van der Waals surface area (Å²) in [7, 11) is 0. The van der Waals surface area contributed by atoms with Crippen molar-refractivity contribution in [3.8, 4) is 0 Å². The molecule has 0 unspecified atom stereocenters. The molecular formula is C17H17N3S. The van der Waals surface area contributed by atoms with Gasteiger partial charge in [0.25, 0.3) is 0 Å². The summed E-state index contributed by atoms with van der Waals surface area (Å²) < 4.78 is 0. The summed E-state index contributed by atoms with van der Waals surface area (Å²) in [5, 5.41) is 4.90. The van der Waals surface area contributed by atoms with Gasteiger partial charge < -0.3 is 0 Å². The Kier molecular flexibility index (Phi) is 6.29. The zero-order valence-corrected chi connectivity index (χ0v) is 12.6. The van der Waals surface area contributed by atoms with Crippen LogP contribution in [0.5, 0.6) is 0 Å². The first-order valence-corrected chi connectivity index (χ1v) is 7.79. The molecule has 4 heteroatoms. The molecule has 0 saturated carbocycles. The van der Waals surface area contributed by atoms with Crippen LogP contribution in [0.4, 0.5) is 5.69 Å². The van der Waals surface area contributed by atoms with Gasteiger partial charge in [-0.3, -0.25) is 5.43 Å². The van der Waals surface area contributed by atoms with Gasteiger partial charge in [-0.15, -0.1) is 0 Å². The van der Waals surface area contributed by atoms with Crippen molar-refractivity contribution in [3.05, 3.63) is 72.3 Å². The van der Waals surface area contributed by atoms with E-state index in [-0.39, 0.29) is 0 Å². The van der Waals surface area contributed by atoms with Crippen LogP contribution in [0.1, 0.15) is 5.56 Å². The number of para-hydroxylation sites is 1. The van der Waals surface area contributed by atoms with E-state index in [1.165, 1.54) is 11.8 Å². The summed E-state index contributed by atoms with van der Waals surface area (Å²) in [6.45, 7) is 0. The first-order valence-electron chi connectivity index (χ1n) is 6.57. The number of rotatable bonds is 4. The molecule has 0 fully saturated rings. The van der Waals surface area contributed by atoms with Gasteiger partial charge in [-0.25, -0.2) is 4.99 Å². The minimum Gasteiger partial charge on any atom is -0.256 e. The lowest BCUT2D eigenvalue weighted by atomic mass is 10.2. The van der Waals surface area contributed by atoms with Gasteiger partial charge in [0.05, 0.1) is 5.69 Å². The molecule has 3 nitrogen and oxygen atoms in total. The molecule has 2 aromatic carbocycles. The molecule has 0 aliphatic heterocycles. The second-order valence-electron chi connectivity index (χ2n) is 4.12. The summed E-state index contributed by atoms with van der Waals surface area (Å²) in [4.78, 5) is 4.46. The highest BCUT2D eigenvalue weighted by Crippen LogP contribution is 2.12. The van der Waals surface area contributed by atoms with Crippen molar-refractivity contribution in [2.45, 2.75) is 0 Å². The third kappa shape index (κ3) is 5.67. The van der Waals surface area contributed by atoms with Crippen molar-refractivity contribution in [3.63, 3.8) is 0 Å². The molecule has 0 bridgehead atoms. The van der Waals surface area contributed by atoms with E-state index in [1.54, 1.807) is 6.21 Å². The lowest BCUT2D eigenvalue weighted by Gasteiger charge is -2.01. The molecule has 0 heterocycles. The molecule has 0 aliphatic rings. The summed E-state index contributed by atoms with van der Waals surface area (Å²) in [5.74, 6) is 0. The number of thioether (sulfide) groups is 1. The van der Waals surface area contributed by atoms with E-state index >= 15 is 0 Å². The van der Waals surface area contributed by atoms with E-state index in [9.17, 15) is 0 Å². The number of hydrogen-bond donors (Lipinski definition) is 1. The number of nitrogens with one attached hydrogen (secondary N) is 1. The average molecular weight is 295 g/mol. The largest absolute Gasteiger partial charge is 0.256 e. The van der Waals surface area contributed by atoms with Crippen LogP contribution in [0.25, 0.3) is 6.08 Å². The fourth-order valence-electron chi connectivity index (χ4n) is 1.59. The van der Waals surface area contributed by atoms with Gasteiger partial charge in [0.15, 0.2) is 5.17 Å². The molecule has 2 rings (SSSR count). The van der Waals surface area contributed by atoms with Crippen LogP contribution in [0.15, 0.2) is 76.8 Å². The average Bonchev–Trinajstić information content (AvgIpc) is 2.55. The fraction of sp³-hybridized carbons (Fsp3) is 0.0588. The predicted molar refractivity (Wildman–Crippen MR) is 94.2 cm³/mol. The number of aliphatic imine (C=N–C) groups is 1. The van der Waals surface area contributed by atoms with E-state index in [0.29, 0.717) is 0 Å². The molecular weight excluding hydrogens is 278 g/mol. The van der Waals surface area contributed by atoms with Gasteiger partial charge >= 0.3 is 0 Å². The Morgan fingerprint density at radius 2 is 1.67 bits per heavy atom. The molecule has 21 heavy (non-hydrogen) atoms. The molecule has 0 amide bonds. The monoisotopic (exact) mass is 295 g/mol. The van der Waals surface area contributed by atoms with Gasteiger partial charge in [0.1, 0.15) is 0 Å². The summed E-state index contributed by atoms with van der Waals surface area (Å²) in [6.07, 6.45) is 7.56. The van der Waals surface area contributed by atoms with E-state index in [4.69, 9.17) is 0 Å². The van der Waals surface area contributed by atoms with E-state index in [2.05, 4.69) is 15.5 Å². The molecule has 0 atom stereocenters. The van der Waals surface area contributed by atoms with Crippen LogP contribution < -0.4 is 5.43 Å². The minimum absolute atomic E-state index is 0.755. The van der Waals surface area contributed by atoms with Crippen molar-refractivity contribution in [1.82, 2.24) is 5.43 Å². The Labute approximate surface area is 129 Å². The lowest BCUT2D eigenvalue weighted by Crippen LogP contribution is -2.12. The van der Waals surface area contributed by atoms with E-state index in [1.807, 2.05) is 79.1 Å². The van der Waals surface area contributed by atoms with E-state index < -0.39 is 0 Å². The zero-order chi connectivity index (χ0) is 14.8. The Balaban J connectivity index is 1.90. The first-order chi connectivity index (χ1) is 10.4. The molecule has 2 aromatic rings. The SMILES string of the molecule is CSC(=Nc1ccccc1)N/N=C\C=C\c1ccccc1. The summed E-state index contributed by atoms with van der Waals surface area (Å²) in [6, 6.07) is 19.9. The second-order valence-corrected chi connectivity index (χ2v) is 4.91. The van der Waals surface area contributed by atoms with Gasteiger partial charge in [-0.05, 0) is 30.0 Å². The number of hydrazone groups is 1. The zero-order valence-electron chi connectivity index (χ0n) is 11.8. The molecule has 0 aromatic heterocycles. The number of hydrogen-bond acceptors (Lipinski definition) is 3. The fourth-order valence-corrected chi connectivity index (χ4v) is 1.93. The Morgan fingerprint density at radius 3 is 2.33 bits per heavy atom. The molecule has 1 N–H and O–H groups in total. The van der Waals surface area contributed by atoms with Gasteiger partial charge in [0.2, 0.25) is 0 Å². The number of amidine groups is 1. The van der Waals surface area contributed by atoms with Crippen LogP contribution in [0, 0.1) is 0 Å². The van der Waals surface area contributed by atoms with Crippen molar-refractivity contribution in [2.75, 3.05) is 6.26 Å². The van der Waals surface area contributed by atoms with E-state index in [0.717, 1.165) is 16.4 Å². The first kappa shape index (κ1) is 15.1. The van der Waals surface area contributed by atoms with Crippen LogP contribution in [-0.2, 0) is 0 Å². The lowest BCUT2D eigenvalue weighted by molar-refractivity contribution is 1.05. The van der Waals surface area contributed by atoms with Crippen molar-refractivity contribution in [2.24, 2.45) is 10.1 Å². The highest BCUT2D eigenvalue weighted by atomic mass is 32.2. The number of nitrogens with zero attached hydrogens (tertiary/aromatic N) is 2. The molecule has 0 saturated heterocycles. The third-order valence-electron chi connectivity index (χ3n) is 2.59. The molecule has 0 aliphatic carbocycles. The topological polar surface area (TPSA) is 36.8 Å². The minimum atomic E-state index is 0.755. The van der Waals surface area contributed by atoms with Gasteiger partial charge in [-0.2, -0.15) is 5.10 Å². The standard InChI is InChI=1S/C17H17N3S/c1-21-17(19-16-12-6-3-7-13-16)20-18-14-8-11-15-9-4-2-5-10-15/h2-14H,1H3,(H,19,20)/b11-8+,18-14-. The Bertz CT molecular complexity index is 619. The maximum absolute atomic E-state index is 4.46.